The van der Waals surface area contributed by atoms with Gasteiger partial charge in [0.1, 0.15) is 31.0 Å². The Morgan fingerprint density at radius 3 is 2.73 bits per heavy atom. The maximum absolute atomic E-state index is 13.3. The predicted molar refractivity (Wildman–Crippen MR) is 124 cm³/mol. The van der Waals surface area contributed by atoms with Crippen LogP contribution in [0.5, 0.6) is 5.75 Å². The van der Waals surface area contributed by atoms with Crippen LogP contribution in [0.15, 0.2) is 24.3 Å². The SMILES string of the molecule is CCCCOC(=O)[C@H](CCC1CCCCC1)N[C@H]1COc2ccccc2N(CC(=O)O)C1=O. The van der Waals surface area contributed by atoms with Crippen LogP contribution in [-0.4, -0.2) is 54.8 Å². The van der Waals surface area contributed by atoms with Gasteiger partial charge >= 0.3 is 11.9 Å². The van der Waals surface area contributed by atoms with E-state index in [1.165, 1.54) is 37.0 Å². The maximum Gasteiger partial charge on any atom is 0.323 e. The number of rotatable bonds is 11. The number of amides is 1. The summed E-state index contributed by atoms with van der Waals surface area (Å²) in [6, 6.07) is 5.38. The van der Waals surface area contributed by atoms with Crippen LogP contribution in [0, 0.1) is 5.92 Å². The molecule has 182 valence electrons. The molecule has 0 bridgehead atoms. The standard InChI is InChI=1S/C25H36N2O6/c1-2-3-15-32-25(31)19(14-13-18-9-5-4-6-10-18)26-20-17-33-22-12-8-7-11-21(22)27(24(20)30)16-23(28)29/h7-8,11-12,18-20,26H,2-6,9-10,13-17H2,1H3,(H,28,29)/t19-,20-/m0/s1. The number of carboxylic acids is 1. The largest absolute Gasteiger partial charge is 0.489 e. The molecule has 1 aliphatic carbocycles. The van der Waals surface area contributed by atoms with Gasteiger partial charge in [-0.2, -0.15) is 0 Å². The molecule has 2 N–H and O–H groups in total. The lowest BCUT2D eigenvalue weighted by molar-refractivity contribution is -0.147. The van der Waals surface area contributed by atoms with E-state index in [0.29, 0.717) is 30.4 Å². The van der Waals surface area contributed by atoms with Crippen molar-refractivity contribution in [2.24, 2.45) is 5.92 Å². The van der Waals surface area contributed by atoms with Crippen molar-refractivity contribution >= 4 is 23.5 Å². The zero-order chi connectivity index (χ0) is 23.6. The highest BCUT2D eigenvalue weighted by molar-refractivity contribution is 6.02. The van der Waals surface area contributed by atoms with E-state index >= 15 is 0 Å². The molecule has 1 aliphatic heterocycles. The minimum absolute atomic E-state index is 0.00807. The molecule has 1 heterocycles. The fourth-order valence-electron chi connectivity index (χ4n) is 4.58. The van der Waals surface area contributed by atoms with Crippen LogP contribution in [-0.2, 0) is 19.1 Å². The van der Waals surface area contributed by atoms with Crippen LogP contribution in [0.25, 0.3) is 0 Å². The van der Waals surface area contributed by atoms with Crippen molar-refractivity contribution in [3.63, 3.8) is 0 Å². The Morgan fingerprint density at radius 2 is 2.00 bits per heavy atom. The zero-order valence-electron chi connectivity index (χ0n) is 19.5. The molecule has 2 aliphatic rings. The molecule has 33 heavy (non-hydrogen) atoms. The summed E-state index contributed by atoms with van der Waals surface area (Å²) in [6.07, 6.45) is 9.23. The van der Waals surface area contributed by atoms with Gasteiger partial charge in [0.25, 0.3) is 0 Å². The number of anilines is 1. The Hall–Kier alpha value is -2.61. The summed E-state index contributed by atoms with van der Waals surface area (Å²) in [7, 11) is 0. The molecule has 8 heteroatoms. The lowest BCUT2D eigenvalue weighted by atomic mass is 9.85. The second-order valence-electron chi connectivity index (χ2n) is 8.97. The van der Waals surface area contributed by atoms with Gasteiger partial charge in [0, 0.05) is 0 Å². The highest BCUT2D eigenvalue weighted by atomic mass is 16.5. The van der Waals surface area contributed by atoms with Gasteiger partial charge in [0.2, 0.25) is 5.91 Å². The number of fused-ring (bicyclic) bond motifs is 1. The minimum atomic E-state index is -1.12. The van der Waals surface area contributed by atoms with Crippen LogP contribution in [0.2, 0.25) is 0 Å². The number of benzene rings is 1. The maximum atomic E-state index is 13.3. The smallest absolute Gasteiger partial charge is 0.323 e. The van der Waals surface area contributed by atoms with Gasteiger partial charge in [0.05, 0.1) is 12.3 Å². The Balaban J connectivity index is 1.74. The first-order valence-electron chi connectivity index (χ1n) is 12.2. The molecule has 0 aromatic heterocycles. The number of nitrogens with zero attached hydrogens (tertiary/aromatic N) is 1. The predicted octanol–water partition coefficient (Wildman–Crippen LogP) is 3.53. The van der Waals surface area contributed by atoms with Crippen molar-refractivity contribution < 1.29 is 29.0 Å². The number of ether oxygens (including phenoxy) is 2. The van der Waals surface area contributed by atoms with E-state index in [1.807, 2.05) is 6.92 Å². The summed E-state index contributed by atoms with van der Waals surface area (Å²) in [6.45, 7) is 1.91. The molecule has 1 aromatic carbocycles. The zero-order valence-corrected chi connectivity index (χ0v) is 19.5. The Bertz CT molecular complexity index is 808. The van der Waals surface area contributed by atoms with Gasteiger partial charge in [-0.1, -0.05) is 57.6 Å². The average molecular weight is 461 g/mol. The van der Waals surface area contributed by atoms with Crippen LogP contribution >= 0.6 is 0 Å². The molecule has 1 amide bonds. The van der Waals surface area contributed by atoms with Crippen molar-refractivity contribution in [1.82, 2.24) is 5.32 Å². The van der Waals surface area contributed by atoms with Crippen molar-refractivity contribution in [2.45, 2.75) is 76.8 Å². The monoisotopic (exact) mass is 460 g/mol. The second kappa shape index (κ2) is 12.6. The van der Waals surface area contributed by atoms with Gasteiger partial charge in [-0.3, -0.25) is 24.6 Å². The topological polar surface area (TPSA) is 105 Å². The Labute approximate surface area is 195 Å². The lowest BCUT2D eigenvalue weighted by Crippen LogP contribution is -2.55. The molecule has 2 atom stereocenters. The first kappa shape index (κ1) is 25.0. The summed E-state index contributed by atoms with van der Waals surface area (Å²) in [5, 5.41) is 12.5. The van der Waals surface area contributed by atoms with Crippen molar-refractivity contribution in [3.8, 4) is 5.75 Å². The van der Waals surface area contributed by atoms with E-state index in [9.17, 15) is 19.5 Å². The number of aliphatic carboxylic acids is 1. The van der Waals surface area contributed by atoms with E-state index in [0.717, 1.165) is 19.3 Å². The summed E-state index contributed by atoms with van der Waals surface area (Å²) in [5.74, 6) is -0.877. The number of esters is 1. The lowest BCUT2D eigenvalue weighted by Gasteiger charge is -2.28. The van der Waals surface area contributed by atoms with Gasteiger partial charge in [-0.15, -0.1) is 0 Å². The molecule has 0 radical (unpaired) electrons. The molecule has 0 spiro atoms. The van der Waals surface area contributed by atoms with Crippen molar-refractivity contribution in [3.05, 3.63) is 24.3 Å². The fourth-order valence-corrected chi connectivity index (χ4v) is 4.58. The van der Waals surface area contributed by atoms with Crippen molar-refractivity contribution in [1.29, 1.82) is 0 Å². The van der Waals surface area contributed by atoms with Crippen LogP contribution in [0.4, 0.5) is 5.69 Å². The summed E-state index contributed by atoms with van der Waals surface area (Å²) in [5.41, 5.74) is 0.415. The summed E-state index contributed by atoms with van der Waals surface area (Å²) in [4.78, 5) is 38.9. The number of hydrogen-bond donors (Lipinski definition) is 2. The van der Waals surface area contributed by atoms with Crippen LogP contribution in [0.3, 0.4) is 0 Å². The van der Waals surface area contributed by atoms with E-state index in [4.69, 9.17) is 9.47 Å². The third-order valence-electron chi connectivity index (χ3n) is 6.44. The summed E-state index contributed by atoms with van der Waals surface area (Å²) < 4.78 is 11.3. The van der Waals surface area contributed by atoms with Gasteiger partial charge in [-0.05, 0) is 37.3 Å². The van der Waals surface area contributed by atoms with E-state index < -0.39 is 30.5 Å². The van der Waals surface area contributed by atoms with Crippen molar-refractivity contribution in [2.75, 3.05) is 24.7 Å². The highest BCUT2D eigenvalue weighted by Crippen LogP contribution is 2.31. The molecular weight excluding hydrogens is 424 g/mol. The molecule has 1 fully saturated rings. The van der Waals surface area contributed by atoms with Crippen LogP contribution in [0.1, 0.15) is 64.7 Å². The summed E-state index contributed by atoms with van der Waals surface area (Å²) >= 11 is 0. The first-order chi connectivity index (χ1) is 16.0. The molecule has 0 unspecified atom stereocenters. The first-order valence-corrected chi connectivity index (χ1v) is 12.2. The van der Waals surface area contributed by atoms with Gasteiger partial charge in [0.15, 0.2) is 0 Å². The van der Waals surface area contributed by atoms with Gasteiger partial charge < -0.3 is 14.6 Å². The normalized spacial score (nSPS) is 19.8. The van der Waals surface area contributed by atoms with Gasteiger partial charge in [-0.25, -0.2) is 0 Å². The van der Waals surface area contributed by atoms with Crippen LogP contribution < -0.4 is 15.0 Å². The highest BCUT2D eigenvalue weighted by Gasteiger charge is 2.35. The number of para-hydroxylation sites is 2. The average Bonchev–Trinajstić information content (AvgIpc) is 2.94. The number of unbranched alkanes of at least 4 members (excludes halogenated alkanes) is 1. The third-order valence-corrected chi connectivity index (χ3v) is 6.44. The third kappa shape index (κ3) is 7.19. The second-order valence-corrected chi connectivity index (χ2v) is 8.97. The fraction of sp³-hybridized carbons (Fsp3) is 0.640. The van der Waals surface area contributed by atoms with E-state index in [2.05, 4.69) is 5.32 Å². The number of carbonyl (C=O) groups is 3. The molecule has 0 saturated heterocycles. The Morgan fingerprint density at radius 1 is 1.24 bits per heavy atom. The van der Waals surface area contributed by atoms with E-state index in [1.54, 1.807) is 24.3 Å². The number of carbonyl (C=O) groups excluding carboxylic acids is 2. The molecule has 1 saturated carbocycles. The number of hydrogen-bond acceptors (Lipinski definition) is 6. The number of carboxylic acid groups (broad SMARTS) is 1. The minimum Gasteiger partial charge on any atom is -0.489 e. The molecular formula is C25H36N2O6. The molecule has 1 aromatic rings. The van der Waals surface area contributed by atoms with E-state index in [-0.39, 0.29) is 12.6 Å². The number of nitrogens with one attached hydrogen (secondary N) is 1. The molecule has 3 rings (SSSR count). The quantitative estimate of drug-likeness (QED) is 0.384. The molecule has 8 nitrogen and oxygen atoms in total. The Kier molecular flexibility index (Phi) is 9.54.